The lowest BCUT2D eigenvalue weighted by Gasteiger charge is -2.21. The molecule has 0 N–H and O–H groups in total. The van der Waals surface area contributed by atoms with E-state index in [-0.39, 0.29) is 17.9 Å². The maximum atomic E-state index is 13.2. The number of carbonyl (C=O) groups is 2. The largest absolute Gasteiger partial charge is 0.376 e. The molecule has 8 heteroatoms. The molecule has 5 rings (SSSR count). The molecular formula is C27H33N3O3S2. The molecule has 0 spiro atoms. The number of aryl methyl sites for hydroxylation is 1. The molecule has 0 aliphatic carbocycles. The zero-order valence-electron chi connectivity index (χ0n) is 20.3. The Balaban J connectivity index is 1.44. The summed E-state index contributed by atoms with van der Waals surface area (Å²) in [6, 6.07) is 6.27. The third kappa shape index (κ3) is 5.20. The van der Waals surface area contributed by atoms with Crippen molar-refractivity contribution in [2.45, 2.75) is 64.5 Å². The number of ether oxygens (including phenoxy) is 1. The Morgan fingerprint density at radius 1 is 1.20 bits per heavy atom. The van der Waals surface area contributed by atoms with Gasteiger partial charge >= 0.3 is 0 Å². The van der Waals surface area contributed by atoms with Crippen molar-refractivity contribution in [2.75, 3.05) is 26.2 Å². The van der Waals surface area contributed by atoms with Crippen LogP contribution < -0.4 is 0 Å². The summed E-state index contributed by atoms with van der Waals surface area (Å²) in [5, 5.41) is 1.07. The number of aromatic nitrogens is 1. The number of nitrogens with zero attached hydrogens (tertiary/aromatic N) is 3. The van der Waals surface area contributed by atoms with Crippen molar-refractivity contribution in [2.24, 2.45) is 0 Å². The SMILES string of the molecule is CCc1cccc2c(/C=C3\SC(=S)N(C[C@H]4CCCO4)C3=O)cn(CC(=O)N3CCCCCC3)c12. The van der Waals surface area contributed by atoms with Gasteiger partial charge in [0.05, 0.1) is 23.1 Å². The number of rotatable bonds is 6. The molecule has 4 heterocycles. The third-order valence-corrected chi connectivity index (χ3v) is 8.61. The van der Waals surface area contributed by atoms with Crippen molar-refractivity contribution in [1.29, 1.82) is 0 Å². The summed E-state index contributed by atoms with van der Waals surface area (Å²) in [5.74, 6) is 0.118. The Morgan fingerprint density at radius 3 is 2.71 bits per heavy atom. The molecule has 1 atom stereocenters. The number of thioether (sulfide) groups is 1. The highest BCUT2D eigenvalue weighted by Crippen LogP contribution is 2.36. The van der Waals surface area contributed by atoms with Gasteiger partial charge < -0.3 is 14.2 Å². The molecular weight excluding hydrogens is 478 g/mol. The zero-order chi connectivity index (χ0) is 24.4. The third-order valence-electron chi connectivity index (χ3n) is 7.23. The Bertz CT molecular complexity index is 1160. The molecule has 3 fully saturated rings. The van der Waals surface area contributed by atoms with E-state index in [0.29, 0.717) is 22.3 Å². The number of likely N-dealkylation sites (tertiary alicyclic amines) is 1. The number of fused-ring (bicyclic) bond motifs is 1. The van der Waals surface area contributed by atoms with Gasteiger partial charge in [0.25, 0.3) is 5.91 Å². The van der Waals surface area contributed by atoms with Crippen LogP contribution in [0.4, 0.5) is 0 Å². The van der Waals surface area contributed by atoms with Gasteiger partial charge in [-0.15, -0.1) is 0 Å². The normalized spacial score (nSPS) is 22.5. The van der Waals surface area contributed by atoms with Crippen LogP contribution in [0.1, 0.15) is 56.6 Å². The molecule has 3 aliphatic heterocycles. The summed E-state index contributed by atoms with van der Waals surface area (Å²) in [7, 11) is 0. The van der Waals surface area contributed by atoms with Gasteiger partial charge in [-0.3, -0.25) is 14.5 Å². The fourth-order valence-electron chi connectivity index (χ4n) is 5.35. The van der Waals surface area contributed by atoms with E-state index >= 15 is 0 Å². The first-order chi connectivity index (χ1) is 17.0. The predicted molar refractivity (Wildman–Crippen MR) is 145 cm³/mol. The van der Waals surface area contributed by atoms with Crippen molar-refractivity contribution in [3.8, 4) is 0 Å². The topological polar surface area (TPSA) is 54.8 Å². The summed E-state index contributed by atoms with van der Waals surface area (Å²) in [4.78, 5) is 30.8. The molecule has 6 nitrogen and oxygen atoms in total. The number of hydrogen-bond donors (Lipinski definition) is 0. The minimum Gasteiger partial charge on any atom is -0.376 e. The lowest BCUT2D eigenvalue weighted by molar-refractivity contribution is -0.131. The lowest BCUT2D eigenvalue weighted by Crippen LogP contribution is -2.35. The lowest BCUT2D eigenvalue weighted by atomic mass is 10.1. The van der Waals surface area contributed by atoms with Crippen LogP contribution in [-0.4, -0.2) is 62.8 Å². The Kier molecular flexibility index (Phi) is 7.60. The van der Waals surface area contributed by atoms with E-state index in [1.807, 2.05) is 17.2 Å². The standard InChI is InChI=1S/C27H33N3O3S2/c1-2-19-9-7-11-22-20(15-23-26(32)30(27(34)35-23)17-21-10-8-14-33-21)16-29(25(19)22)18-24(31)28-12-5-3-4-6-13-28/h7,9,11,15-16,21H,2-6,8,10,12-14,17-18H2,1H3/b23-15-/t21-/m1/s1. The summed E-state index contributed by atoms with van der Waals surface area (Å²) >= 11 is 6.90. The molecule has 1 aromatic carbocycles. The Hall–Kier alpha value is -2.16. The van der Waals surface area contributed by atoms with Crippen LogP contribution in [0, 0.1) is 0 Å². The van der Waals surface area contributed by atoms with E-state index in [1.54, 1.807) is 4.90 Å². The van der Waals surface area contributed by atoms with Crippen molar-refractivity contribution >= 4 is 57.1 Å². The van der Waals surface area contributed by atoms with Gasteiger partial charge in [-0.25, -0.2) is 0 Å². The van der Waals surface area contributed by atoms with Crippen molar-refractivity contribution in [3.05, 3.63) is 40.4 Å². The summed E-state index contributed by atoms with van der Waals surface area (Å²) in [6.45, 7) is 5.43. The van der Waals surface area contributed by atoms with E-state index in [4.69, 9.17) is 17.0 Å². The van der Waals surface area contributed by atoms with E-state index in [0.717, 1.165) is 68.3 Å². The Morgan fingerprint density at radius 2 is 2.00 bits per heavy atom. The van der Waals surface area contributed by atoms with Gasteiger partial charge in [-0.2, -0.15) is 0 Å². The van der Waals surface area contributed by atoms with Crippen molar-refractivity contribution in [1.82, 2.24) is 14.4 Å². The average Bonchev–Trinajstić information content (AvgIpc) is 3.48. The quantitative estimate of drug-likeness (QED) is 0.404. The molecule has 3 saturated heterocycles. The molecule has 35 heavy (non-hydrogen) atoms. The summed E-state index contributed by atoms with van der Waals surface area (Å²) in [5.41, 5.74) is 3.24. The van der Waals surface area contributed by atoms with Crippen LogP contribution in [0.15, 0.2) is 29.3 Å². The maximum absolute atomic E-state index is 13.2. The van der Waals surface area contributed by atoms with Gasteiger partial charge in [-0.05, 0) is 43.7 Å². The van der Waals surface area contributed by atoms with E-state index in [2.05, 4.69) is 29.7 Å². The van der Waals surface area contributed by atoms with Gasteiger partial charge in [0.2, 0.25) is 5.91 Å². The highest BCUT2D eigenvalue weighted by Gasteiger charge is 2.35. The molecule has 186 valence electrons. The second-order valence-electron chi connectivity index (χ2n) is 9.60. The highest BCUT2D eigenvalue weighted by atomic mass is 32.2. The molecule has 2 amide bonds. The summed E-state index contributed by atoms with van der Waals surface area (Å²) in [6.07, 6.45) is 11.5. The first-order valence-corrected chi connectivity index (χ1v) is 14.0. The minimum absolute atomic E-state index is 0.0521. The van der Waals surface area contributed by atoms with E-state index < -0.39 is 0 Å². The number of para-hydroxylation sites is 1. The van der Waals surface area contributed by atoms with E-state index in [9.17, 15) is 9.59 Å². The predicted octanol–water partition coefficient (Wildman–Crippen LogP) is 4.99. The van der Waals surface area contributed by atoms with Crippen molar-refractivity contribution in [3.63, 3.8) is 0 Å². The van der Waals surface area contributed by atoms with Crippen LogP contribution >= 0.6 is 24.0 Å². The number of amides is 2. The number of hydrogen-bond acceptors (Lipinski definition) is 5. The van der Waals surface area contributed by atoms with Gasteiger partial charge in [0, 0.05) is 36.8 Å². The number of carbonyl (C=O) groups excluding carboxylic acids is 2. The molecule has 0 saturated carbocycles. The second kappa shape index (κ2) is 10.8. The fraction of sp³-hybridized carbons (Fsp3) is 0.519. The monoisotopic (exact) mass is 511 g/mol. The minimum atomic E-state index is -0.0521. The summed E-state index contributed by atoms with van der Waals surface area (Å²) < 4.78 is 8.40. The molecule has 0 bridgehead atoms. The average molecular weight is 512 g/mol. The molecule has 0 unspecified atom stereocenters. The number of benzene rings is 1. The van der Waals surface area contributed by atoms with Gasteiger partial charge in [-0.1, -0.05) is 61.9 Å². The van der Waals surface area contributed by atoms with E-state index in [1.165, 1.54) is 30.2 Å². The van der Waals surface area contributed by atoms with Crippen LogP contribution in [0.25, 0.3) is 17.0 Å². The van der Waals surface area contributed by atoms with Crippen LogP contribution in [0.3, 0.4) is 0 Å². The second-order valence-corrected chi connectivity index (χ2v) is 11.3. The van der Waals surface area contributed by atoms with Crippen LogP contribution in [0.5, 0.6) is 0 Å². The highest BCUT2D eigenvalue weighted by molar-refractivity contribution is 8.26. The van der Waals surface area contributed by atoms with Gasteiger partial charge in [0.15, 0.2) is 0 Å². The fourth-order valence-corrected chi connectivity index (χ4v) is 6.61. The zero-order valence-corrected chi connectivity index (χ0v) is 22.0. The molecule has 0 radical (unpaired) electrons. The van der Waals surface area contributed by atoms with Gasteiger partial charge in [0.1, 0.15) is 10.9 Å². The van der Waals surface area contributed by atoms with Crippen LogP contribution in [0.2, 0.25) is 0 Å². The number of thiocarbonyl (C=S) groups is 1. The smallest absolute Gasteiger partial charge is 0.266 e. The maximum Gasteiger partial charge on any atom is 0.266 e. The van der Waals surface area contributed by atoms with Crippen molar-refractivity contribution < 1.29 is 14.3 Å². The molecule has 1 aromatic heterocycles. The Labute approximate surface area is 216 Å². The molecule has 3 aliphatic rings. The first kappa shape index (κ1) is 24.5. The molecule has 2 aromatic rings. The van der Waals surface area contributed by atoms with Crippen LogP contribution in [-0.2, 0) is 27.3 Å². The first-order valence-electron chi connectivity index (χ1n) is 12.8.